The van der Waals surface area contributed by atoms with Gasteiger partial charge in [0.05, 0.1) is 19.9 Å². The van der Waals surface area contributed by atoms with Gasteiger partial charge in [0.15, 0.2) is 0 Å². The molecule has 0 spiro atoms. The van der Waals surface area contributed by atoms with E-state index in [0.29, 0.717) is 24.4 Å². The van der Waals surface area contributed by atoms with Crippen LogP contribution < -0.4 is 25.0 Å². The lowest BCUT2D eigenvalue weighted by molar-refractivity contribution is 0.240. The van der Waals surface area contributed by atoms with Gasteiger partial charge in [-0.1, -0.05) is 24.3 Å². The Morgan fingerprint density at radius 2 is 1.88 bits per heavy atom. The molecule has 1 fully saturated rings. The van der Waals surface area contributed by atoms with Gasteiger partial charge in [0.25, 0.3) is 0 Å². The molecule has 1 aliphatic rings. The van der Waals surface area contributed by atoms with Crippen LogP contribution in [0.3, 0.4) is 0 Å². The molecule has 0 saturated carbocycles. The Kier molecular flexibility index (Phi) is 8.16. The Labute approximate surface area is 203 Å². The van der Waals surface area contributed by atoms with Gasteiger partial charge in [0.1, 0.15) is 17.3 Å². The third kappa shape index (κ3) is 6.36. The van der Waals surface area contributed by atoms with E-state index in [-0.39, 0.29) is 6.03 Å². The highest BCUT2D eigenvalue weighted by atomic mass is 32.1. The van der Waals surface area contributed by atoms with Crippen molar-refractivity contribution in [3.63, 3.8) is 0 Å². The number of benzene rings is 2. The Morgan fingerprint density at radius 3 is 2.68 bits per heavy atom. The van der Waals surface area contributed by atoms with Gasteiger partial charge < -0.3 is 25.0 Å². The van der Waals surface area contributed by atoms with Gasteiger partial charge >= 0.3 is 6.03 Å². The number of hydrogen-bond acceptors (Lipinski definition) is 8. The van der Waals surface area contributed by atoms with Crippen LogP contribution >= 0.6 is 11.5 Å². The zero-order chi connectivity index (χ0) is 23.8. The number of nitrogens with zero attached hydrogens (tertiary/aromatic N) is 4. The average molecular weight is 483 g/mol. The fraction of sp³-hybridized carbons (Fsp3) is 0.375. The molecule has 0 radical (unpaired) electrons. The number of anilines is 2. The largest absolute Gasteiger partial charge is 0.497 e. The number of aromatic nitrogens is 2. The van der Waals surface area contributed by atoms with Crippen molar-refractivity contribution in [3.8, 4) is 11.5 Å². The molecule has 1 saturated heterocycles. The lowest BCUT2D eigenvalue weighted by Crippen LogP contribution is -2.48. The molecule has 2 N–H and O–H groups in total. The van der Waals surface area contributed by atoms with Crippen molar-refractivity contribution >= 4 is 28.4 Å². The van der Waals surface area contributed by atoms with E-state index in [4.69, 9.17) is 14.5 Å². The molecular formula is C24H30N6O3S. The summed E-state index contributed by atoms with van der Waals surface area (Å²) in [6, 6.07) is 15.1. The minimum absolute atomic E-state index is 0.236. The normalized spacial score (nSPS) is 14.0. The van der Waals surface area contributed by atoms with Gasteiger partial charge in [0.2, 0.25) is 5.13 Å². The quantitative estimate of drug-likeness (QED) is 0.484. The van der Waals surface area contributed by atoms with E-state index in [9.17, 15) is 4.79 Å². The number of carbonyl (C=O) groups excluding carboxylic acids is 1. The van der Waals surface area contributed by atoms with Crippen LogP contribution in [-0.4, -0.2) is 73.8 Å². The molecule has 3 aromatic rings. The lowest BCUT2D eigenvalue weighted by Gasteiger charge is -2.34. The van der Waals surface area contributed by atoms with Crippen molar-refractivity contribution in [3.05, 3.63) is 59.9 Å². The maximum Gasteiger partial charge on any atom is 0.319 e. The van der Waals surface area contributed by atoms with E-state index in [2.05, 4.69) is 30.9 Å². The monoisotopic (exact) mass is 482 g/mol. The molecule has 0 bridgehead atoms. The fourth-order valence-corrected chi connectivity index (χ4v) is 4.55. The SMILES string of the molecule is COc1cccc(Cc2nsc(N3CCN(CCNC(=O)Nc4ccccc4OC)CC3)n2)c1. The molecule has 4 rings (SSSR count). The van der Waals surface area contributed by atoms with Gasteiger partial charge in [-0.3, -0.25) is 4.90 Å². The Bertz CT molecular complexity index is 1080. The second-order valence-corrected chi connectivity index (χ2v) is 8.66. The first-order chi connectivity index (χ1) is 16.6. The Balaban J connectivity index is 1.18. The number of urea groups is 1. The maximum absolute atomic E-state index is 12.2. The number of para-hydroxylation sites is 2. The average Bonchev–Trinajstić information content (AvgIpc) is 3.33. The van der Waals surface area contributed by atoms with Crippen LogP contribution in [0.25, 0.3) is 0 Å². The van der Waals surface area contributed by atoms with Crippen molar-refractivity contribution in [2.75, 3.05) is 63.7 Å². The summed E-state index contributed by atoms with van der Waals surface area (Å²) < 4.78 is 15.1. The summed E-state index contributed by atoms with van der Waals surface area (Å²) >= 11 is 1.45. The van der Waals surface area contributed by atoms with Crippen LogP contribution in [0.15, 0.2) is 48.5 Å². The summed E-state index contributed by atoms with van der Waals surface area (Å²) in [7, 11) is 3.26. The molecule has 2 heterocycles. The van der Waals surface area contributed by atoms with E-state index in [1.165, 1.54) is 11.5 Å². The summed E-state index contributed by atoms with van der Waals surface area (Å²) in [5.41, 5.74) is 1.79. The molecule has 0 atom stereocenters. The summed E-state index contributed by atoms with van der Waals surface area (Å²) in [6.45, 7) is 4.98. The summed E-state index contributed by atoms with van der Waals surface area (Å²) in [5, 5.41) is 6.71. The standard InChI is InChI=1S/C24H30N6O3S/c1-32-19-7-5-6-18(16-19)17-22-27-24(34-28-22)30-14-12-29(13-15-30)11-10-25-23(31)26-20-8-3-4-9-21(20)33-2/h3-9,16H,10-15,17H2,1-2H3,(H2,25,26,31). The third-order valence-corrected chi connectivity index (χ3v) is 6.48. The molecule has 10 heteroatoms. The molecule has 2 aromatic carbocycles. The van der Waals surface area contributed by atoms with Crippen LogP contribution in [0.2, 0.25) is 0 Å². The van der Waals surface area contributed by atoms with E-state index in [0.717, 1.165) is 55.0 Å². The maximum atomic E-state index is 12.2. The number of nitrogens with one attached hydrogen (secondary N) is 2. The van der Waals surface area contributed by atoms with E-state index in [1.807, 2.05) is 42.5 Å². The molecule has 0 aliphatic carbocycles. The topological polar surface area (TPSA) is 91.9 Å². The van der Waals surface area contributed by atoms with Crippen LogP contribution in [0, 0.1) is 0 Å². The minimum atomic E-state index is -0.236. The number of piperazine rings is 1. The van der Waals surface area contributed by atoms with Crippen LogP contribution in [0.1, 0.15) is 11.4 Å². The lowest BCUT2D eigenvalue weighted by atomic mass is 10.1. The molecule has 180 valence electrons. The molecule has 34 heavy (non-hydrogen) atoms. The number of hydrogen-bond donors (Lipinski definition) is 2. The molecule has 0 unspecified atom stereocenters. The molecule has 2 amide bonds. The van der Waals surface area contributed by atoms with Gasteiger partial charge in [-0.15, -0.1) is 0 Å². The van der Waals surface area contributed by atoms with Crippen LogP contribution in [0.5, 0.6) is 11.5 Å². The zero-order valence-corrected chi connectivity index (χ0v) is 20.3. The van der Waals surface area contributed by atoms with Gasteiger partial charge in [0, 0.05) is 57.2 Å². The predicted molar refractivity (Wildman–Crippen MR) is 134 cm³/mol. The van der Waals surface area contributed by atoms with Crippen LogP contribution in [-0.2, 0) is 6.42 Å². The molecule has 1 aromatic heterocycles. The second-order valence-electron chi connectivity index (χ2n) is 7.93. The molecule has 1 aliphatic heterocycles. The highest BCUT2D eigenvalue weighted by Gasteiger charge is 2.20. The first-order valence-electron chi connectivity index (χ1n) is 11.3. The van der Waals surface area contributed by atoms with Crippen molar-refractivity contribution in [2.45, 2.75) is 6.42 Å². The zero-order valence-electron chi connectivity index (χ0n) is 19.5. The minimum Gasteiger partial charge on any atom is -0.497 e. The first kappa shape index (κ1) is 23.8. The van der Waals surface area contributed by atoms with Crippen molar-refractivity contribution < 1.29 is 14.3 Å². The first-order valence-corrected chi connectivity index (χ1v) is 12.0. The smallest absolute Gasteiger partial charge is 0.319 e. The summed E-state index contributed by atoms with van der Waals surface area (Å²) in [5.74, 6) is 2.31. The van der Waals surface area contributed by atoms with Gasteiger partial charge in [-0.25, -0.2) is 9.78 Å². The number of methoxy groups -OCH3 is 2. The predicted octanol–water partition coefficient (Wildman–Crippen LogP) is 3.09. The highest BCUT2D eigenvalue weighted by Crippen LogP contribution is 2.23. The van der Waals surface area contributed by atoms with Gasteiger partial charge in [-0.05, 0) is 29.8 Å². The third-order valence-electron chi connectivity index (χ3n) is 5.67. The number of amides is 2. The van der Waals surface area contributed by atoms with E-state index >= 15 is 0 Å². The summed E-state index contributed by atoms with van der Waals surface area (Å²) in [4.78, 5) is 21.6. The van der Waals surface area contributed by atoms with E-state index < -0.39 is 0 Å². The summed E-state index contributed by atoms with van der Waals surface area (Å²) in [6.07, 6.45) is 0.691. The Hall–Kier alpha value is -3.37. The van der Waals surface area contributed by atoms with Crippen LogP contribution in [0.4, 0.5) is 15.6 Å². The fourth-order valence-electron chi connectivity index (χ4n) is 3.81. The molecular weight excluding hydrogens is 452 g/mol. The van der Waals surface area contributed by atoms with Crippen molar-refractivity contribution in [1.82, 2.24) is 19.6 Å². The molecule has 9 nitrogen and oxygen atoms in total. The number of ether oxygens (including phenoxy) is 2. The van der Waals surface area contributed by atoms with Crippen molar-refractivity contribution in [1.29, 1.82) is 0 Å². The van der Waals surface area contributed by atoms with Gasteiger partial charge in [-0.2, -0.15) is 4.37 Å². The highest BCUT2D eigenvalue weighted by molar-refractivity contribution is 7.09. The second kappa shape index (κ2) is 11.7. The Morgan fingerprint density at radius 1 is 1.06 bits per heavy atom. The number of carbonyl (C=O) groups is 1. The number of rotatable bonds is 9. The van der Waals surface area contributed by atoms with E-state index in [1.54, 1.807) is 14.2 Å². The van der Waals surface area contributed by atoms with Crippen molar-refractivity contribution in [2.24, 2.45) is 0 Å².